The average Bonchev–Trinajstić information content (AvgIpc) is 2.61. The van der Waals surface area contributed by atoms with E-state index in [-0.39, 0.29) is 17.9 Å². The maximum Gasteiger partial charge on any atom is 0.274 e. The molecule has 1 aromatic rings. The van der Waals surface area contributed by atoms with Gasteiger partial charge < -0.3 is 10.2 Å². The van der Waals surface area contributed by atoms with E-state index in [1.807, 2.05) is 20.8 Å². The first-order valence-electron chi connectivity index (χ1n) is 9.35. The summed E-state index contributed by atoms with van der Waals surface area (Å²) in [5.74, 6) is -0.170. The molecule has 0 aliphatic rings. The van der Waals surface area contributed by atoms with Gasteiger partial charge in [0.15, 0.2) is 0 Å². The van der Waals surface area contributed by atoms with Crippen LogP contribution in [0.4, 0.5) is 0 Å². The number of rotatable bonds is 11. The Labute approximate surface area is 151 Å². The molecule has 0 aliphatic heterocycles. The second kappa shape index (κ2) is 11.6. The minimum Gasteiger partial charge on any atom is -0.354 e. The fourth-order valence-corrected chi connectivity index (χ4v) is 2.39. The third kappa shape index (κ3) is 8.09. The van der Waals surface area contributed by atoms with Crippen molar-refractivity contribution in [2.45, 2.75) is 72.3 Å². The van der Waals surface area contributed by atoms with Gasteiger partial charge in [-0.15, -0.1) is 0 Å². The largest absolute Gasteiger partial charge is 0.354 e. The monoisotopic (exact) mass is 348 g/mol. The molecule has 0 saturated heterocycles. The van der Waals surface area contributed by atoms with Crippen LogP contribution in [0.15, 0.2) is 12.4 Å². The zero-order valence-corrected chi connectivity index (χ0v) is 16.0. The molecule has 0 fully saturated rings. The summed E-state index contributed by atoms with van der Waals surface area (Å²) in [4.78, 5) is 34.8. The van der Waals surface area contributed by atoms with Crippen molar-refractivity contribution < 1.29 is 9.59 Å². The lowest BCUT2D eigenvalue weighted by Crippen LogP contribution is -2.38. The lowest BCUT2D eigenvalue weighted by atomic mass is 10.2. The molecule has 0 spiro atoms. The Morgan fingerprint density at radius 1 is 1.12 bits per heavy atom. The second-order valence-corrected chi connectivity index (χ2v) is 6.52. The van der Waals surface area contributed by atoms with Crippen LogP contribution in [0.5, 0.6) is 0 Å². The van der Waals surface area contributed by atoms with Crippen molar-refractivity contribution in [3.8, 4) is 0 Å². The number of nitrogens with one attached hydrogen (secondary N) is 1. The third-order valence-corrected chi connectivity index (χ3v) is 4.20. The van der Waals surface area contributed by atoms with Crippen molar-refractivity contribution >= 4 is 11.8 Å². The van der Waals surface area contributed by atoms with Gasteiger partial charge in [0.25, 0.3) is 5.91 Å². The number of carbonyl (C=O) groups excluding carboxylic acids is 2. The second-order valence-electron chi connectivity index (χ2n) is 6.52. The van der Waals surface area contributed by atoms with Crippen LogP contribution in [0.3, 0.4) is 0 Å². The van der Waals surface area contributed by atoms with Crippen LogP contribution in [-0.2, 0) is 4.79 Å². The Kier molecular flexibility index (Phi) is 9.73. The van der Waals surface area contributed by atoms with Gasteiger partial charge in [0.2, 0.25) is 5.91 Å². The average molecular weight is 348 g/mol. The molecule has 1 unspecified atom stereocenters. The van der Waals surface area contributed by atoms with Crippen LogP contribution in [0, 0.1) is 6.92 Å². The van der Waals surface area contributed by atoms with E-state index in [4.69, 9.17) is 0 Å². The summed E-state index contributed by atoms with van der Waals surface area (Å²) in [7, 11) is 0. The first-order chi connectivity index (χ1) is 12.0. The number of nitrogens with zero attached hydrogens (tertiary/aromatic N) is 3. The van der Waals surface area contributed by atoms with E-state index in [0.29, 0.717) is 25.2 Å². The smallest absolute Gasteiger partial charge is 0.274 e. The van der Waals surface area contributed by atoms with Gasteiger partial charge in [-0.25, -0.2) is 4.98 Å². The SMILES string of the molecule is CCCCCCN(CCC(=O)NC(C)CC)C(=O)c1cnc(C)cn1. The highest BCUT2D eigenvalue weighted by Gasteiger charge is 2.18. The number of hydrogen-bond acceptors (Lipinski definition) is 4. The molecule has 6 nitrogen and oxygen atoms in total. The van der Waals surface area contributed by atoms with Crippen molar-refractivity contribution in [3.05, 3.63) is 23.8 Å². The molecular weight excluding hydrogens is 316 g/mol. The molecule has 1 rings (SSSR count). The number of hydrogen-bond donors (Lipinski definition) is 1. The molecule has 0 aliphatic carbocycles. The number of carbonyl (C=O) groups is 2. The van der Waals surface area contributed by atoms with Gasteiger partial charge in [0, 0.05) is 31.7 Å². The highest BCUT2D eigenvalue weighted by molar-refractivity contribution is 5.92. The van der Waals surface area contributed by atoms with Gasteiger partial charge in [-0.1, -0.05) is 33.1 Å². The molecule has 25 heavy (non-hydrogen) atoms. The van der Waals surface area contributed by atoms with Gasteiger partial charge in [-0.2, -0.15) is 0 Å². The lowest BCUT2D eigenvalue weighted by Gasteiger charge is -2.22. The Morgan fingerprint density at radius 2 is 1.88 bits per heavy atom. The minimum atomic E-state index is -0.152. The first kappa shape index (κ1) is 21.1. The molecule has 2 amide bonds. The molecule has 6 heteroatoms. The molecule has 1 aromatic heterocycles. The fraction of sp³-hybridized carbons (Fsp3) is 0.684. The van der Waals surface area contributed by atoms with Gasteiger partial charge in [0.1, 0.15) is 5.69 Å². The summed E-state index contributed by atoms with van der Waals surface area (Å²) in [6.07, 6.45) is 8.63. The lowest BCUT2D eigenvalue weighted by molar-refractivity contribution is -0.121. The van der Waals surface area contributed by atoms with Crippen molar-refractivity contribution in [3.63, 3.8) is 0 Å². The molecule has 140 valence electrons. The molecule has 1 atom stereocenters. The van der Waals surface area contributed by atoms with E-state index in [2.05, 4.69) is 22.2 Å². The van der Waals surface area contributed by atoms with Gasteiger partial charge in [-0.3, -0.25) is 14.6 Å². The summed E-state index contributed by atoms with van der Waals surface area (Å²) in [6.45, 7) is 9.05. The standard InChI is InChI=1S/C19H32N4O2/c1-5-7-8-9-11-23(12-10-18(24)22-15(3)6-2)19(25)17-14-20-16(4)13-21-17/h13-15H,5-12H2,1-4H3,(H,22,24). The van der Waals surface area contributed by atoms with Crippen molar-refractivity contribution in [2.24, 2.45) is 0 Å². The van der Waals surface area contributed by atoms with E-state index in [1.165, 1.54) is 6.20 Å². The summed E-state index contributed by atoms with van der Waals surface area (Å²) < 4.78 is 0. The van der Waals surface area contributed by atoms with E-state index in [1.54, 1.807) is 11.1 Å². The van der Waals surface area contributed by atoms with Crippen molar-refractivity contribution in [1.29, 1.82) is 0 Å². The molecule has 0 bridgehead atoms. The van der Waals surface area contributed by atoms with E-state index >= 15 is 0 Å². The fourth-order valence-electron chi connectivity index (χ4n) is 2.39. The Hall–Kier alpha value is -1.98. The topological polar surface area (TPSA) is 75.2 Å². The number of unbranched alkanes of at least 4 members (excludes halogenated alkanes) is 3. The molecule has 0 radical (unpaired) electrons. The number of aromatic nitrogens is 2. The highest BCUT2D eigenvalue weighted by Crippen LogP contribution is 2.07. The van der Waals surface area contributed by atoms with Crippen molar-refractivity contribution in [1.82, 2.24) is 20.2 Å². The zero-order valence-electron chi connectivity index (χ0n) is 16.0. The normalized spacial score (nSPS) is 11.8. The maximum absolute atomic E-state index is 12.7. The molecule has 1 heterocycles. The van der Waals surface area contributed by atoms with E-state index in [0.717, 1.165) is 37.8 Å². The van der Waals surface area contributed by atoms with Gasteiger partial charge >= 0.3 is 0 Å². The van der Waals surface area contributed by atoms with Crippen LogP contribution in [0.2, 0.25) is 0 Å². The third-order valence-electron chi connectivity index (χ3n) is 4.20. The number of amides is 2. The number of aryl methyl sites for hydroxylation is 1. The van der Waals surface area contributed by atoms with Crippen LogP contribution in [0.25, 0.3) is 0 Å². The Balaban J connectivity index is 2.66. The maximum atomic E-state index is 12.7. The van der Waals surface area contributed by atoms with Gasteiger partial charge in [0.05, 0.1) is 11.9 Å². The quantitative estimate of drug-likeness (QED) is 0.624. The molecular formula is C19H32N4O2. The van der Waals surface area contributed by atoms with E-state index in [9.17, 15) is 9.59 Å². The Bertz CT molecular complexity index is 531. The van der Waals surface area contributed by atoms with Crippen LogP contribution < -0.4 is 5.32 Å². The Morgan fingerprint density at radius 3 is 2.48 bits per heavy atom. The molecule has 1 N–H and O–H groups in total. The van der Waals surface area contributed by atoms with Crippen molar-refractivity contribution in [2.75, 3.05) is 13.1 Å². The van der Waals surface area contributed by atoms with Crippen LogP contribution in [-0.4, -0.2) is 45.8 Å². The molecule has 0 saturated carbocycles. The first-order valence-corrected chi connectivity index (χ1v) is 9.35. The summed E-state index contributed by atoms with van der Waals surface area (Å²) in [5, 5.41) is 2.94. The summed E-state index contributed by atoms with van der Waals surface area (Å²) in [5.41, 5.74) is 1.11. The predicted molar refractivity (Wildman–Crippen MR) is 99.3 cm³/mol. The van der Waals surface area contributed by atoms with E-state index < -0.39 is 0 Å². The summed E-state index contributed by atoms with van der Waals surface area (Å²) >= 11 is 0. The molecule has 0 aromatic carbocycles. The zero-order chi connectivity index (χ0) is 18.7. The van der Waals surface area contributed by atoms with Crippen LogP contribution >= 0.6 is 0 Å². The highest BCUT2D eigenvalue weighted by atomic mass is 16.2. The predicted octanol–water partition coefficient (Wildman–Crippen LogP) is 3.11. The minimum absolute atomic E-state index is 0.0179. The van der Waals surface area contributed by atoms with Crippen LogP contribution in [0.1, 0.15) is 75.5 Å². The van der Waals surface area contributed by atoms with Gasteiger partial charge in [-0.05, 0) is 26.7 Å². The summed E-state index contributed by atoms with van der Waals surface area (Å²) in [6, 6.07) is 0.157.